The van der Waals surface area contributed by atoms with Gasteiger partial charge in [0.15, 0.2) is 11.5 Å². The number of nitrogens with two attached hydrogens (primary N) is 1. The molecule has 14 heavy (non-hydrogen) atoms. The van der Waals surface area contributed by atoms with Crippen molar-refractivity contribution in [1.29, 1.82) is 0 Å². The number of benzene rings is 1. The fourth-order valence-electron chi connectivity index (χ4n) is 1.12. The van der Waals surface area contributed by atoms with Gasteiger partial charge in [0, 0.05) is 0 Å². The molecule has 5 heteroatoms. The Kier molecular flexibility index (Phi) is 2.51. The first kappa shape index (κ1) is 10.2. The van der Waals surface area contributed by atoms with Crippen molar-refractivity contribution in [1.82, 2.24) is 0 Å². The molecule has 1 aromatic rings. The second kappa shape index (κ2) is 3.45. The minimum Gasteiger partial charge on any atom is -0.504 e. The molecule has 0 spiro atoms. The van der Waals surface area contributed by atoms with E-state index in [1.807, 2.05) is 0 Å². The summed E-state index contributed by atoms with van der Waals surface area (Å²) < 4.78 is 0. The summed E-state index contributed by atoms with van der Waals surface area (Å²) >= 11 is 0. The highest BCUT2D eigenvalue weighted by Crippen LogP contribution is 2.36. The number of nitrogen functional groups attached to an aromatic ring is 1. The number of carbonyl (C=O) groups is 1. The molecule has 0 aromatic heterocycles. The van der Waals surface area contributed by atoms with E-state index in [1.165, 1.54) is 19.1 Å². The summed E-state index contributed by atoms with van der Waals surface area (Å²) in [5, 5.41) is 27.0. The van der Waals surface area contributed by atoms with Crippen molar-refractivity contribution in [3.63, 3.8) is 0 Å². The standard InChI is InChI=1S/C9H11NO4/c1-4(9(13)14)5-2-3-6(11)8(12)7(5)10/h2-4,11-12H,10H2,1H3,(H,13,14). The Morgan fingerprint density at radius 2 is 2.00 bits per heavy atom. The maximum atomic E-state index is 10.6. The van der Waals surface area contributed by atoms with E-state index in [0.717, 1.165) is 0 Å². The molecule has 0 amide bonds. The number of aliphatic carboxylic acids is 1. The topological polar surface area (TPSA) is 104 Å². The Bertz CT molecular complexity index is 375. The molecule has 0 saturated heterocycles. The molecule has 0 saturated carbocycles. The Morgan fingerprint density at radius 3 is 2.50 bits per heavy atom. The van der Waals surface area contributed by atoms with Gasteiger partial charge in [-0.3, -0.25) is 4.79 Å². The lowest BCUT2D eigenvalue weighted by atomic mass is 9.99. The summed E-state index contributed by atoms with van der Waals surface area (Å²) in [7, 11) is 0. The molecule has 1 rings (SSSR count). The highest BCUT2D eigenvalue weighted by atomic mass is 16.4. The van der Waals surface area contributed by atoms with Crippen molar-refractivity contribution in [3.05, 3.63) is 17.7 Å². The van der Waals surface area contributed by atoms with Gasteiger partial charge in [0.1, 0.15) is 0 Å². The fourth-order valence-corrected chi connectivity index (χ4v) is 1.12. The van der Waals surface area contributed by atoms with Crippen LogP contribution in [-0.2, 0) is 4.79 Å². The molecule has 0 bridgehead atoms. The number of phenols is 2. The second-order valence-electron chi connectivity index (χ2n) is 3.00. The van der Waals surface area contributed by atoms with Gasteiger partial charge in [-0.05, 0) is 18.6 Å². The van der Waals surface area contributed by atoms with Crippen molar-refractivity contribution >= 4 is 11.7 Å². The van der Waals surface area contributed by atoms with E-state index >= 15 is 0 Å². The van der Waals surface area contributed by atoms with Crippen molar-refractivity contribution in [3.8, 4) is 11.5 Å². The first-order valence-corrected chi connectivity index (χ1v) is 3.98. The number of hydrogen-bond donors (Lipinski definition) is 4. The molecule has 0 radical (unpaired) electrons. The van der Waals surface area contributed by atoms with Gasteiger partial charge in [-0.1, -0.05) is 6.07 Å². The fraction of sp³-hybridized carbons (Fsp3) is 0.222. The van der Waals surface area contributed by atoms with Crippen LogP contribution in [0.5, 0.6) is 11.5 Å². The smallest absolute Gasteiger partial charge is 0.310 e. The SMILES string of the molecule is CC(C(=O)O)c1ccc(O)c(O)c1N. The molecular weight excluding hydrogens is 186 g/mol. The zero-order valence-corrected chi connectivity index (χ0v) is 7.56. The number of anilines is 1. The Labute approximate surface area is 80.4 Å². The molecule has 1 aromatic carbocycles. The minimum absolute atomic E-state index is 0.0973. The van der Waals surface area contributed by atoms with Crippen LogP contribution in [0.2, 0.25) is 0 Å². The van der Waals surface area contributed by atoms with Gasteiger partial charge in [-0.2, -0.15) is 0 Å². The van der Waals surface area contributed by atoms with Gasteiger partial charge in [0.25, 0.3) is 0 Å². The van der Waals surface area contributed by atoms with Gasteiger partial charge in [-0.25, -0.2) is 0 Å². The highest BCUT2D eigenvalue weighted by molar-refractivity contribution is 5.80. The second-order valence-corrected chi connectivity index (χ2v) is 3.00. The molecule has 0 aliphatic heterocycles. The third-order valence-corrected chi connectivity index (χ3v) is 2.07. The highest BCUT2D eigenvalue weighted by Gasteiger charge is 2.19. The van der Waals surface area contributed by atoms with Gasteiger partial charge in [0.2, 0.25) is 0 Å². The van der Waals surface area contributed by atoms with Crippen LogP contribution in [0, 0.1) is 0 Å². The van der Waals surface area contributed by atoms with Crippen molar-refractivity contribution in [2.45, 2.75) is 12.8 Å². The van der Waals surface area contributed by atoms with Crippen LogP contribution in [0.3, 0.4) is 0 Å². The quantitative estimate of drug-likeness (QED) is 0.416. The van der Waals surface area contributed by atoms with Crippen LogP contribution in [0.4, 0.5) is 5.69 Å². The number of carboxylic acid groups (broad SMARTS) is 1. The molecule has 0 heterocycles. The summed E-state index contributed by atoms with van der Waals surface area (Å²) in [4.78, 5) is 10.6. The van der Waals surface area contributed by atoms with Crippen LogP contribution in [-0.4, -0.2) is 21.3 Å². The third-order valence-electron chi connectivity index (χ3n) is 2.07. The van der Waals surface area contributed by atoms with E-state index in [9.17, 15) is 9.90 Å². The maximum absolute atomic E-state index is 10.6. The van der Waals surface area contributed by atoms with Crippen LogP contribution in [0.15, 0.2) is 12.1 Å². The van der Waals surface area contributed by atoms with Gasteiger partial charge < -0.3 is 21.1 Å². The minimum atomic E-state index is -1.04. The lowest BCUT2D eigenvalue weighted by molar-refractivity contribution is -0.138. The molecule has 5 nitrogen and oxygen atoms in total. The van der Waals surface area contributed by atoms with Crippen LogP contribution in [0.1, 0.15) is 18.4 Å². The molecule has 0 aliphatic rings. The first-order valence-electron chi connectivity index (χ1n) is 3.98. The monoisotopic (exact) mass is 197 g/mol. The van der Waals surface area contributed by atoms with E-state index in [-0.39, 0.29) is 17.0 Å². The predicted molar refractivity (Wildman–Crippen MR) is 50.2 cm³/mol. The zero-order chi connectivity index (χ0) is 10.9. The van der Waals surface area contributed by atoms with Crippen LogP contribution < -0.4 is 5.73 Å². The average Bonchev–Trinajstić information content (AvgIpc) is 2.13. The largest absolute Gasteiger partial charge is 0.504 e. The summed E-state index contributed by atoms with van der Waals surface area (Å²) in [5.74, 6) is -2.69. The summed E-state index contributed by atoms with van der Waals surface area (Å²) in [6.07, 6.45) is 0. The van der Waals surface area contributed by atoms with Gasteiger partial charge in [-0.15, -0.1) is 0 Å². The van der Waals surface area contributed by atoms with E-state index < -0.39 is 17.6 Å². The Hall–Kier alpha value is -1.91. The van der Waals surface area contributed by atoms with Crippen LogP contribution in [0.25, 0.3) is 0 Å². The van der Waals surface area contributed by atoms with Crippen molar-refractivity contribution in [2.75, 3.05) is 5.73 Å². The normalized spacial score (nSPS) is 12.4. The Morgan fingerprint density at radius 1 is 1.43 bits per heavy atom. The number of phenolic OH excluding ortho intramolecular Hbond substituents is 2. The van der Waals surface area contributed by atoms with E-state index in [4.69, 9.17) is 15.9 Å². The lowest BCUT2D eigenvalue weighted by Crippen LogP contribution is -2.09. The van der Waals surface area contributed by atoms with Crippen molar-refractivity contribution < 1.29 is 20.1 Å². The summed E-state index contributed by atoms with van der Waals surface area (Å²) in [6.45, 7) is 1.45. The van der Waals surface area contributed by atoms with E-state index in [0.29, 0.717) is 0 Å². The number of carboxylic acids is 1. The molecule has 0 fully saturated rings. The van der Waals surface area contributed by atoms with Crippen molar-refractivity contribution in [2.24, 2.45) is 0 Å². The molecule has 1 atom stereocenters. The zero-order valence-electron chi connectivity index (χ0n) is 7.56. The summed E-state index contributed by atoms with van der Waals surface area (Å²) in [6, 6.07) is 2.59. The van der Waals surface area contributed by atoms with Gasteiger partial charge in [0.05, 0.1) is 11.6 Å². The Balaban J connectivity index is 3.24. The molecule has 76 valence electrons. The van der Waals surface area contributed by atoms with Gasteiger partial charge >= 0.3 is 5.97 Å². The molecule has 1 unspecified atom stereocenters. The molecular formula is C9H11NO4. The average molecular weight is 197 g/mol. The molecule has 0 aliphatic carbocycles. The lowest BCUT2D eigenvalue weighted by Gasteiger charge is -2.11. The third kappa shape index (κ3) is 1.56. The predicted octanol–water partition coefficient (Wildman–Crippen LogP) is 0.868. The van der Waals surface area contributed by atoms with Crippen LogP contribution >= 0.6 is 0 Å². The number of aromatic hydroxyl groups is 2. The van der Waals surface area contributed by atoms with E-state index in [2.05, 4.69) is 0 Å². The number of hydrogen-bond acceptors (Lipinski definition) is 4. The number of rotatable bonds is 2. The maximum Gasteiger partial charge on any atom is 0.310 e. The molecule has 5 N–H and O–H groups in total. The summed E-state index contributed by atoms with van der Waals surface area (Å²) in [5.41, 5.74) is 5.64. The first-order chi connectivity index (χ1) is 6.45. The van der Waals surface area contributed by atoms with E-state index in [1.54, 1.807) is 0 Å².